The minimum Gasteiger partial charge on any atom is -0.485 e. The van der Waals surface area contributed by atoms with Crippen molar-refractivity contribution in [2.45, 2.75) is 31.7 Å². The number of hydrogen-bond acceptors (Lipinski definition) is 8. The summed E-state index contributed by atoms with van der Waals surface area (Å²) in [5, 5.41) is 0.603. The molecule has 0 spiro atoms. The maximum atomic E-state index is 11.8. The Kier molecular flexibility index (Phi) is 7.88. The van der Waals surface area contributed by atoms with Gasteiger partial charge in [-0.15, -0.1) is 11.3 Å². The van der Waals surface area contributed by atoms with Crippen LogP contribution in [0, 0.1) is 0 Å². The fourth-order valence-electron chi connectivity index (χ4n) is 3.99. The second-order valence-corrected chi connectivity index (χ2v) is 12.9. The Morgan fingerprint density at radius 1 is 1.24 bits per heavy atom. The minimum atomic E-state index is -3.25. The Labute approximate surface area is 224 Å². The highest BCUT2D eigenvalue weighted by Crippen LogP contribution is 2.39. The molecule has 12 heteroatoms. The van der Waals surface area contributed by atoms with Gasteiger partial charge in [0.05, 0.1) is 45.7 Å². The van der Waals surface area contributed by atoms with Crippen LogP contribution >= 0.6 is 22.9 Å². The Bertz CT molecular complexity index is 1560. The molecule has 1 atom stereocenters. The lowest BCUT2D eigenvalue weighted by atomic mass is 10.1. The van der Waals surface area contributed by atoms with Crippen LogP contribution in [0.3, 0.4) is 0 Å². The van der Waals surface area contributed by atoms with Crippen molar-refractivity contribution in [1.29, 1.82) is 0 Å². The first kappa shape index (κ1) is 27.1. The summed E-state index contributed by atoms with van der Waals surface area (Å²) in [6.07, 6.45) is 5.65. The molecule has 1 aromatic carbocycles. The van der Waals surface area contributed by atoms with Crippen molar-refractivity contribution < 1.29 is 17.9 Å². The number of hydrogen-bond donors (Lipinski definition) is 1. The van der Waals surface area contributed by atoms with E-state index in [2.05, 4.69) is 14.9 Å². The number of benzene rings is 1. The monoisotopic (exact) mass is 561 g/mol. The highest BCUT2D eigenvalue weighted by molar-refractivity contribution is 7.89. The molecule has 2 N–H and O–H groups in total. The molecule has 0 saturated carbocycles. The summed E-state index contributed by atoms with van der Waals surface area (Å²) in [5.41, 5.74) is 9.13. The number of ether oxygens (including phenoxy) is 1. The minimum absolute atomic E-state index is 0.0137. The average molecular weight is 562 g/mol. The van der Waals surface area contributed by atoms with E-state index in [0.717, 1.165) is 34.5 Å². The van der Waals surface area contributed by atoms with E-state index >= 15 is 0 Å². The molecule has 4 rings (SSSR count). The van der Waals surface area contributed by atoms with Gasteiger partial charge < -0.3 is 15.4 Å². The molecular formula is C25H28ClN5O4S2. The van der Waals surface area contributed by atoms with E-state index in [1.54, 1.807) is 16.8 Å². The van der Waals surface area contributed by atoms with Gasteiger partial charge in [-0.25, -0.2) is 13.4 Å². The molecule has 9 nitrogen and oxygen atoms in total. The molecule has 0 bridgehead atoms. The zero-order valence-electron chi connectivity index (χ0n) is 20.9. The van der Waals surface area contributed by atoms with E-state index in [0.29, 0.717) is 27.0 Å². The van der Waals surface area contributed by atoms with Crippen LogP contribution in [0.15, 0.2) is 42.9 Å². The molecule has 3 heterocycles. The molecule has 37 heavy (non-hydrogen) atoms. The molecule has 3 aromatic heterocycles. The number of aromatic nitrogens is 3. The van der Waals surface area contributed by atoms with Crippen molar-refractivity contribution in [3.05, 3.63) is 69.6 Å². The van der Waals surface area contributed by atoms with Crippen molar-refractivity contribution in [3.63, 3.8) is 0 Å². The summed E-state index contributed by atoms with van der Waals surface area (Å²) < 4.78 is 31.6. The molecular weight excluding hydrogens is 534 g/mol. The molecule has 0 radical (unpaired) electrons. The van der Waals surface area contributed by atoms with Crippen molar-refractivity contribution >= 4 is 44.3 Å². The number of nitrogens with zero attached hydrogens (tertiary/aromatic N) is 4. The molecule has 0 fully saturated rings. The normalized spacial score (nSPS) is 12.8. The molecule has 0 aliphatic rings. The van der Waals surface area contributed by atoms with Crippen LogP contribution in [0.2, 0.25) is 5.02 Å². The first-order chi connectivity index (χ1) is 17.4. The molecule has 0 unspecified atom stereocenters. The lowest BCUT2D eigenvalue weighted by molar-refractivity contribution is -0.117. The van der Waals surface area contributed by atoms with E-state index < -0.39 is 15.7 Å². The van der Waals surface area contributed by atoms with Crippen LogP contribution in [-0.2, 0) is 33.4 Å². The number of amides is 1. The SMILES string of the molecule is C[C@@H](Oc1cc(-c2cnc3cnc(CS(C)(=O)=O)cn23)sc1CC(N)=O)c1ccc(CN(C)C)cc1Cl. The van der Waals surface area contributed by atoms with Crippen molar-refractivity contribution in [2.24, 2.45) is 5.73 Å². The third-order valence-corrected chi connectivity index (χ3v) is 7.81. The molecule has 0 aliphatic carbocycles. The van der Waals surface area contributed by atoms with Gasteiger partial charge in [-0.2, -0.15) is 0 Å². The maximum Gasteiger partial charge on any atom is 0.222 e. The van der Waals surface area contributed by atoms with E-state index in [1.165, 1.54) is 17.5 Å². The Balaban J connectivity index is 1.68. The van der Waals surface area contributed by atoms with E-state index in [-0.39, 0.29) is 18.3 Å². The summed E-state index contributed by atoms with van der Waals surface area (Å²) >= 11 is 7.95. The number of nitrogens with two attached hydrogens (primary N) is 1. The van der Waals surface area contributed by atoms with Crippen molar-refractivity contribution in [1.82, 2.24) is 19.3 Å². The summed E-state index contributed by atoms with van der Waals surface area (Å²) in [7, 11) is 0.737. The Morgan fingerprint density at radius 2 is 2.00 bits per heavy atom. The summed E-state index contributed by atoms with van der Waals surface area (Å²) in [6.45, 7) is 2.67. The van der Waals surface area contributed by atoms with Crippen LogP contribution in [-0.4, -0.2) is 53.9 Å². The van der Waals surface area contributed by atoms with Crippen LogP contribution in [0.4, 0.5) is 0 Å². The smallest absolute Gasteiger partial charge is 0.222 e. The second kappa shape index (κ2) is 10.8. The number of fused-ring (bicyclic) bond motifs is 1. The van der Waals surface area contributed by atoms with Gasteiger partial charge in [0, 0.05) is 35.6 Å². The van der Waals surface area contributed by atoms with Crippen molar-refractivity contribution in [3.8, 4) is 16.3 Å². The third kappa shape index (κ3) is 6.67. The van der Waals surface area contributed by atoms with Crippen LogP contribution in [0.25, 0.3) is 16.2 Å². The molecule has 1 amide bonds. The van der Waals surface area contributed by atoms with E-state index in [4.69, 9.17) is 22.1 Å². The van der Waals surface area contributed by atoms with E-state index in [9.17, 15) is 13.2 Å². The standard InChI is InChI=1S/C25H28ClN5O4S2/c1-15(18-6-5-16(7-19(18)26)12-30(2)3)35-21-8-22(36-23(21)9-24(27)32)20-10-29-25-11-28-17(13-31(20)25)14-37(4,33)34/h5-8,10-11,13,15H,9,12,14H2,1-4H3,(H2,27,32)/t15-/m1/s1. The first-order valence-electron chi connectivity index (χ1n) is 11.4. The highest BCUT2D eigenvalue weighted by atomic mass is 35.5. The number of thiophene rings is 1. The topological polar surface area (TPSA) is 120 Å². The average Bonchev–Trinajstić information content (AvgIpc) is 3.35. The van der Waals surface area contributed by atoms with Gasteiger partial charge in [0.1, 0.15) is 11.9 Å². The largest absolute Gasteiger partial charge is 0.485 e. The third-order valence-electron chi connectivity index (χ3n) is 5.52. The van der Waals surface area contributed by atoms with Gasteiger partial charge in [0.15, 0.2) is 15.5 Å². The number of rotatable bonds is 10. The maximum absolute atomic E-state index is 11.8. The molecule has 0 aliphatic heterocycles. The number of primary amides is 1. The van der Waals surface area contributed by atoms with Gasteiger partial charge in [0.2, 0.25) is 5.91 Å². The quantitative estimate of drug-likeness (QED) is 0.312. The predicted molar refractivity (Wildman–Crippen MR) is 146 cm³/mol. The number of carbonyl (C=O) groups excluding carboxylic acids is 1. The highest BCUT2D eigenvalue weighted by Gasteiger charge is 2.20. The summed E-state index contributed by atoms with van der Waals surface area (Å²) in [6, 6.07) is 7.74. The van der Waals surface area contributed by atoms with Crippen LogP contribution in [0.5, 0.6) is 5.75 Å². The lowest BCUT2D eigenvalue weighted by Gasteiger charge is -2.18. The van der Waals surface area contributed by atoms with Crippen molar-refractivity contribution in [2.75, 3.05) is 20.4 Å². The summed E-state index contributed by atoms with van der Waals surface area (Å²) in [5.74, 6) is -0.132. The number of sulfone groups is 1. The Morgan fingerprint density at radius 3 is 2.65 bits per heavy atom. The first-order valence-corrected chi connectivity index (χ1v) is 14.7. The second-order valence-electron chi connectivity index (χ2n) is 9.22. The number of carbonyl (C=O) groups is 1. The van der Waals surface area contributed by atoms with Gasteiger partial charge >= 0.3 is 0 Å². The summed E-state index contributed by atoms with van der Waals surface area (Å²) in [4.78, 5) is 23.9. The number of imidazole rings is 1. The molecule has 4 aromatic rings. The van der Waals surface area contributed by atoms with E-state index in [1.807, 2.05) is 45.3 Å². The fraction of sp³-hybridized carbons (Fsp3) is 0.320. The predicted octanol–water partition coefficient (Wildman–Crippen LogP) is 3.89. The van der Waals surface area contributed by atoms with Crippen LogP contribution < -0.4 is 10.5 Å². The van der Waals surface area contributed by atoms with Gasteiger partial charge in [-0.3, -0.25) is 14.2 Å². The van der Waals surface area contributed by atoms with Crippen LogP contribution in [0.1, 0.15) is 34.7 Å². The molecule has 0 saturated heterocycles. The zero-order valence-corrected chi connectivity index (χ0v) is 23.3. The zero-order chi connectivity index (χ0) is 26.9. The van der Waals surface area contributed by atoms with Gasteiger partial charge in [-0.05, 0) is 32.6 Å². The molecule has 196 valence electrons. The van der Waals surface area contributed by atoms with Gasteiger partial charge in [0.25, 0.3) is 0 Å². The lowest BCUT2D eigenvalue weighted by Crippen LogP contribution is -2.14. The fourth-order valence-corrected chi connectivity index (χ4v) is 6.14. The number of halogens is 1. The van der Waals surface area contributed by atoms with Gasteiger partial charge in [-0.1, -0.05) is 23.7 Å². The Hall–Kier alpha value is -2.99.